The largest absolute Gasteiger partial charge is 0.508 e. The van der Waals surface area contributed by atoms with Gasteiger partial charge in [0.05, 0.1) is 6.10 Å². The number of nitrogens with zero attached hydrogens (tertiary/aromatic N) is 1. The number of benzene rings is 1. The van der Waals surface area contributed by atoms with Crippen molar-refractivity contribution in [1.29, 1.82) is 0 Å². The van der Waals surface area contributed by atoms with Crippen molar-refractivity contribution < 1.29 is 10.2 Å². The molecule has 2 rings (SSSR count). The number of aliphatic hydroxyl groups is 1. The highest BCUT2D eigenvalue weighted by Gasteiger charge is 2.32. The van der Waals surface area contributed by atoms with Crippen molar-refractivity contribution in [2.75, 3.05) is 14.1 Å². The van der Waals surface area contributed by atoms with Gasteiger partial charge in [-0.1, -0.05) is 25.0 Å². The second-order valence-corrected chi connectivity index (χ2v) is 5.52. The summed E-state index contributed by atoms with van der Waals surface area (Å²) in [4.78, 5) is 2.15. The number of rotatable bonds is 3. The quantitative estimate of drug-likeness (QED) is 0.865. The average molecular weight is 249 g/mol. The molecular formula is C15H23NO2. The molecule has 1 aliphatic rings. The molecule has 1 fully saturated rings. The molecule has 1 aromatic carbocycles. The van der Waals surface area contributed by atoms with Crippen LogP contribution in [0.1, 0.15) is 37.3 Å². The SMILES string of the molecule is CN(C)[C@H](c1cccc(O)c1)[C@@H]1CCCC[C@@H]1O. The molecule has 18 heavy (non-hydrogen) atoms. The molecule has 3 nitrogen and oxygen atoms in total. The fraction of sp³-hybridized carbons (Fsp3) is 0.600. The van der Waals surface area contributed by atoms with E-state index < -0.39 is 0 Å². The minimum absolute atomic E-state index is 0.174. The van der Waals surface area contributed by atoms with E-state index in [0.29, 0.717) is 5.75 Å². The zero-order valence-electron chi connectivity index (χ0n) is 11.2. The van der Waals surface area contributed by atoms with E-state index in [1.54, 1.807) is 6.07 Å². The van der Waals surface area contributed by atoms with Gasteiger partial charge in [-0.3, -0.25) is 0 Å². The summed E-state index contributed by atoms with van der Waals surface area (Å²) in [6.45, 7) is 0. The molecule has 3 heteroatoms. The Kier molecular flexibility index (Phi) is 4.25. The van der Waals surface area contributed by atoms with E-state index in [0.717, 1.165) is 24.8 Å². The van der Waals surface area contributed by atoms with Gasteiger partial charge in [-0.05, 0) is 44.6 Å². The summed E-state index contributed by atoms with van der Waals surface area (Å²) < 4.78 is 0. The Bertz CT molecular complexity index is 392. The van der Waals surface area contributed by atoms with Crippen LogP contribution in [0.5, 0.6) is 5.75 Å². The molecule has 0 aromatic heterocycles. The summed E-state index contributed by atoms with van der Waals surface area (Å²) in [7, 11) is 4.08. The Morgan fingerprint density at radius 2 is 1.94 bits per heavy atom. The van der Waals surface area contributed by atoms with E-state index in [1.807, 2.05) is 32.3 Å². The van der Waals surface area contributed by atoms with Gasteiger partial charge in [-0.25, -0.2) is 0 Å². The number of aromatic hydroxyl groups is 1. The van der Waals surface area contributed by atoms with Crippen LogP contribution in [0, 0.1) is 5.92 Å². The number of hydrogen-bond donors (Lipinski definition) is 2. The highest BCUT2D eigenvalue weighted by Crippen LogP contribution is 2.38. The van der Waals surface area contributed by atoms with Crippen LogP contribution in [0.3, 0.4) is 0 Å². The number of aliphatic hydroxyl groups excluding tert-OH is 1. The molecule has 100 valence electrons. The van der Waals surface area contributed by atoms with Gasteiger partial charge in [-0.2, -0.15) is 0 Å². The van der Waals surface area contributed by atoms with Gasteiger partial charge in [0.2, 0.25) is 0 Å². The van der Waals surface area contributed by atoms with Gasteiger partial charge in [0.25, 0.3) is 0 Å². The Morgan fingerprint density at radius 3 is 2.56 bits per heavy atom. The van der Waals surface area contributed by atoms with Crippen molar-refractivity contribution in [2.45, 2.75) is 37.8 Å². The monoisotopic (exact) mass is 249 g/mol. The summed E-state index contributed by atoms with van der Waals surface area (Å²) in [5.41, 5.74) is 1.09. The Hall–Kier alpha value is -1.06. The highest BCUT2D eigenvalue weighted by atomic mass is 16.3. The molecule has 1 saturated carbocycles. The molecule has 1 aliphatic carbocycles. The zero-order valence-corrected chi connectivity index (χ0v) is 11.2. The minimum atomic E-state index is -0.228. The molecule has 0 bridgehead atoms. The molecule has 0 unspecified atom stereocenters. The van der Waals surface area contributed by atoms with Crippen LogP contribution in [-0.2, 0) is 0 Å². The van der Waals surface area contributed by atoms with Crippen molar-refractivity contribution in [3.05, 3.63) is 29.8 Å². The summed E-state index contributed by atoms with van der Waals surface area (Å²) in [5, 5.41) is 19.9. The van der Waals surface area contributed by atoms with Gasteiger partial charge >= 0.3 is 0 Å². The van der Waals surface area contributed by atoms with Crippen LogP contribution < -0.4 is 0 Å². The van der Waals surface area contributed by atoms with Gasteiger partial charge in [-0.15, -0.1) is 0 Å². The van der Waals surface area contributed by atoms with Gasteiger partial charge in [0, 0.05) is 12.0 Å². The molecule has 0 radical (unpaired) electrons. The molecule has 0 saturated heterocycles. The van der Waals surface area contributed by atoms with Crippen molar-refractivity contribution >= 4 is 0 Å². The van der Waals surface area contributed by atoms with E-state index in [2.05, 4.69) is 4.90 Å². The molecule has 1 aromatic rings. The average Bonchev–Trinajstić information content (AvgIpc) is 2.32. The zero-order chi connectivity index (χ0) is 13.1. The van der Waals surface area contributed by atoms with E-state index >= 15 is 0 Å². The van der Waals surface area contributed by atoms with Crippen LogP contribution >= 0.6 is 0 Å². The van der Waals surface area contributed by atoms with Gasteiger partial charge in [0.1, 0.15) is 5.75 Å². The third-order valence-corrected chi connectivity index (χ3v) is 3.96. The highest BCUT2D eigenvalue weighted by molar-refractivity contribution is 5.30. The summed E-state index contributed by atoms with van der Waals surface area (Å²) in [6.07, 6.45) is 4.03. The molecule has 2 N–H and O–H groups in total. The second kappa shape index (κ2) is 5.72. The number of phenols is 1. The van der Waals surface area contributed by atoms with E-state index in [9.17, 15) is 10.2 Å². The number of hydrogen-bond acceptors (Lipinski definition) is 3. The van der Waals surface area contributed by atoms with Crippen molar-refractivity contribution in [2.24, 2.45) is 5.92 Å². The number of phenolic OH excluding ortho intramolecular Hbond substituents is 1. The molecular weight excluding hydrogens is 226 g/mol. The molecule has 0 spiro atoms. The Balaban J connectivity index is 2.27. The first-order valence-corrected chi connectivity index (χ1v) is 6.73. The van der Waals surface area contributed by atoms with Crippen molar-refractivity contribution in [1.82, 2.24) is 4.90 Å². The maximum absolute atomic E-state index is 10.2. The van der Waals surface area contributed by atoms with Gasteiger partial charge < -0.3 is 15.1 Å². The fourth-order valence-corrected chi connectivity index (χ4v) is 3.15. The summed E-state index contributed by atoms with van der Waals surface area (Å²) >= 11 is 0. The Labute approximate surface area is 109 Å². The first-order chi connectivity index (χ1) is 8.59. The third kappa shape index (κ3) is 2.85. The van der Waals surface area contributed by atoms with Crippen LogP contribution in [0.25, 0.3) is 0 Å². The molecule has 0 amide bonds. The lowest BCUT2D eigenvalue weighted by atomic mass is 9.78. The normalized spacial score (nSPS) is 26.2. The van der Waals surface area contributed by atoms with Crippen LogP contribution in [-0.4, -0.2) is 35.3 Å². The first-order valence-electron chi connectivity index (χ1n) is 6.73. The second-order valence-electron chi connectivity index (χ2n) is 5.52. The maximum atomic E-state index is 10.2. The lowest BCUT2D eigenvalue weighted by Crippen LogP contribution is -2.36. The van der Waals surface area contributed by atoms with E-state index in [1.165, 1.54) is 6.42 Å². The van der Waals surface area contributed by atoms with Crippen LogP contribution in [0.15, 0.2) is 24.3 Å². The van der Waals surface area contributed by atoms with E-state index in [4.69, 9.17) is 0 Å². The van der Waals surface area contributed by atoms with Gasteiger partial charge in [0.15, 0.2) is 0 Å². The summed E-state index contributed by atoms with van der Waals surface area (Å²) in [5.74, 6) is 0.556. The van der Waals surface area contributed by atoms with Crippen molar-refractivity contribution in [3.8, 4) is 5.75 Å². The topological polar surface area (TPSA) is 43.7 Å². The lowest BCUT2D eigenvalue weighted by molar-refractivity contribution is 0.0220. The smallest absolute Gasteiger partial charge is 0.115 e. The predicted octanol–water partition coefficient (Wildman–Crippen LogP) is 2.55. The molecule has 0 aliphatic heterocycles. The van der Waals surface area contributed by atoms with Crippen LogP contribution in [0.4, 0.5) is 0 Å². The predicted molar refractivity (Wildman–Crippen MR) is 72.5 cm³/mol. The van der Waals surface area contributed by atoms with E-state index in [-0.39, 0.29) is 18.1 Å². The maximum Gasteiger partial charge on any atom is 0.115 e. The van der Waals surface area contributed by atoms with Crippen LogP contribution in [0.2, 0.25) is 0 Å². The fourth-order valence-electron chi connectivity index (χ4n) is 3.15. The minimum Gasteiger partial charge on any atom is -0.508 e. The Morgan fingerprint density at radius 1 is 1.22 bits per heavy atom. The molecule has 3 atom stereocenters. The lowest BCUT2D eigenvalue weighted by Gasteiger charge is -2.38. The standard InChI is InChI=1S/C15H23NO2/c1-16(2)15(11-6-5-7-12(17)10-11)13-8-3-4-9-14(13)18/h5-7,10,13-15,17-18H,3-4,8-9H2,1-2H3/t13-,14+,15-/m1/s1. The third-order valence-electron chi connectivity index (χ3n) is 3.96. The van der Waals surface area contributed by atoms with Crippen molar-refractivity contribution in [3.63, 3.8) is 0 Å². The molecule has 0 heterocycles. The first kappa shape index (κ1) is 13.4. The summed E-state index contributed by atoms with van der Waals surface area (Å²) in [6, 6.07) is 7.58.